The van der Waals surface area contributed by atoms with E-state index in [1.54, 1.807) is 29.0 Å². The molecule has 170 valence electrons. The van der Waals surface area contributed by atoms with Gasteiger partial charge in [0.25, 0.3) is 0 Å². The summed E-state index contributed by atoms with van der Waals surface area (Å²) >= 11 is 3.54. The van der Waals surface area contributed by atoms with Crippen molar-refractivity contribution < 1.29 is 9.47 Å². The lowest BCUT2D eigenvalue weighted by Gasteiger charge is -2.12. The quantitative estimate of drug-likeness (QED) is 0.271. The van der Waals surface area contributed by atoms with Crippen LogP contribution < -0.4 is 9.47 Å². The molecule has 8 heteroatoms. The Hall–Kier alpha value is -3.10. The Labute approximate surface area is 204 Å². The van der Waals surface area contributed by atoms with Gasteiger partial charge in [-0.25, -0.2) is 15.0 Å². The molecule has 0 saturated carbocycles. The van der Waals surface area contributed by atoms with E-state index in [9.17, 15) is 0 Å². The van der Waals surface area contributed by atoms with Crippen LogP contribution in [-0.2, 0) is 25.7 Å². The molecule has 0 atom stereocenters. The number of rotatable bonds is 4. The fraction of sp³-hybridized carbons (Fsp3) is 0.308. The molecule has 2 aliphatic carbocycles. The van der Waals surface area contributed by atoms with Crippen LogP contribution in [0.25, 0.3) is 20.4 Å². The molecule has 0 saturated heterocycles. The highest BCUT2D eigenvalue weighted by molar-refractivity contribution is 7.19. The monoisotopic (exact) mass is 486 g/mol. The molecule has 34 heavy (non-hydrogen) atoms. The van der Waals surface area contributed by atoms with E-state index in [1.165, 1.54) is 52.0 Å². The van der Waals surface area contributed by atoms with Gasteiger partial charge < -0.3 is 9.47 Å². The van der Waals surface area contributed by atoms with Crippen molar-refractivity contribution in [2.75, 3.05) is 0 Å². The van der Waals surface area contributed by atoms with Crippen LogP contribution in [-0.4, -0.2) is 19.9 Å². The van der Waals surface area contributed by atoms with Gasteiger partial charge >= 0.3 is 6.01 Å². The fourth-order valence-electron chi connectivity index (χ4n) is 5.03. The molecule has 0 N–H and O–H groups in total. The Balaban J connectivity index is 1.17. The van der Waals surface area contributed by atoms with Crippen LogP contribution in [0.4, 0.5) is 0 Å². The Bertz CT molecular complexity index is 1540. The normalized spacial score (nSPS) is 15.3. The third-order valence-corrected chi connectivity index (χ3v) is 9.04. The minimum atomic E-state index is 0.361. The Morgan fingerprint density at radius 2 is 1.47 bits per heavy atom. The molecule has 2 aliphatic rings. The van der Waals surface area contributed by atoms with E-state index in [0.717, 1.165) is 40.7 Å². The largest absolute Gasteiger partial charge is 0.438 e. The van der Waals surface area contributed by atoms with Gasteiger partial charge in [0.15, 0.2) is 0 Å². The van der Waals surface area contributed by atoms with Crippen LogP contribution in [0.15, 0.2) is 36.8 Å². The number of nitrogens with zero attached hydrogens (tertiary/aromatic N) is 4. The highest BCUT2D eigenvalue weighted by Gasteiger charge is 2.21. The number of aromatic nitrogens is 4. The van der Waals surface area contributed by atoms with Gasteiger partial charge in [-0.2, -0.15) is 4.98 Å². The highest BCUT2D eigenvalue weighted by Crippen LogP contribution is 2.41. The van der Waals surface area contributed by atoms with Crippen LogP contribution in [0.5, 0.6) is 23.4 Å². The second kappa shape index (κ2) is 8.29. The topological polar surface area (TPSA) is 70.0 Å². The van der Waals surface area contributed by atoms with Gasteiger partial charge in [-0.3, -0.25) is 0 Å². The van der Waals surface area contributed by atoms with Crippen molar-refractivity contribution in [3.8, 4) is 23.4 Å². The number of hydrogen-bond donors (Lipinski definition) is 0. The number of fused-ring (bicyclic) bond motifs is 6. The third kappa shape index (κ3) is 3.52. The van der Waals surface area contributed by atoms with E-state index in [4.69, 9.17) is 14.5 Å². The summed E-state index contributed by atoms with van der Waals surface area (Å²) in [6.07, 6.45) is 12.9. The third-order valence-electron chi connectivity index (χ3n) is 6.64. The minimum absolute atomic E-state index is 0.361. The highest BCUT2D eigenvalue weighted by atomic mass is 32.1. The lowest BCUT2D eigenvalue weighted by atomic mass is 9.97. The predicted octanol–water partition coefficient (Wildman–Crippen LogP) is 7.04. The summed E-state index contributed by atoms with van der Waals surface area (Å²) in [6, 6.07) is 7.94. The molecule has 0 unspecified atom stereocenters. The van der Waals surface area contributed by atoms with Crippen LogP contribution in [0.1, 0.15) is 46.6 Å². The molecule has 4 aromatic heterocycles. The Morgan fingerprint density at radius 3 is 2.35 bits per heavy atom. The average molecular weight is 487 g/mol. The van der Waals surface area contributed by atoms with E-state index in [2.05, 4.69) is 15.0 Å². The molecule has 0 radical (unpaired) electrons. The molecule has 0 spiro atoms. The van der Waals surface area contributed by atoms with Crippen molar-refractivity contribution in [3.05, 3.63) is 57.7 Å². The van der Waals surface area contributed by atoms with Crippen molar-refractivity contribution in [1.29, 1.82) is 0 Å². The zero-order chi connectivity index (χ0) is 22.5. The number of ether oxygens (including phenoxy) is 2. The summed E-state index contributed by atoms with van der Waals surface area (Å²) in [5.74, 6) is 1.92. The first-order valence-corrected chi connectivity index (χ1v) is 13.4. The standard InChI is InChI=1S/C26H22N4O2S2/c1-3-10-20-17(8-1)19-13-27-26(30-24(19)33-20)32-16-7-5-6-15(12-16)31-23-22-18-9-2-4-11-21(18)34-25(22)29-14-28-23/h5-7,12-14H,1-4,8-11H2. The van der Waals surface area contributed by atoms with Crippen LogP contribution >= 0.6 is 22.7 Å². The van der Waals surface area contributed by atoms with E-state index < -0.39 is 0 Å². The summed E-state index contributed by atoms with van der Waals surface area (Å²) in [5.41, 5.74) is 2.79. The van der Waals surface area contributed by atoms with Crippen molar-refractivity contribution in [2.24, 2.45) is 0 Å². The van der Waals surface area contributed by atoms with Crippen molar-refractivity contribution >= 4 is 43.1 Å². The van der Waals surface area contributed by atoms with Crippen molar-refractivity contribution in [1.82, 2.24) is 19.9 Å². The molecular formula is C26H22N4O2S2. The van der Waals surface area contributed by atoms with E-state index in [1.807, 2.05) is 30.5 Å². The number of benzene rings is 1. The maximum absolute atomic E-state index is 6.26. The van der Waals surface area contributed by atoms with Crippen LogP contribution in [0.3, 0.4) is 0 Å². The van der Waals surface area contributed by atoms with Gasteiger partial charge in [0, 0.05) is 27.4 Å². The van der Waals surface area contributed by atoms with Crippen molar-refractivity contribution in [2.45, 2.75) is 51.4 Å². The first-order chi connectivity index (χ1) is 16.8. The molecule has 4 heterocycles. The lowest BCUT2D eigenvalue weighted by Crippen LogP contribution is -1.99. The van der Waals surface area contributed by atoms with E-state index >= 15 is 0 Å². The fourth-order valence-corrected chi connectivity index (χ4v) is 7.48. The molecule has 0 bridgehead atoms. The molecule has 6 nitrogen and oxygen atoms in total. The second-order valence-electron chi connectivity index (χ2n) is 8.83. The molecule has 1 aromatic carbocycles. The zero-order valence-corrected chi connectivity index (χ0v) is 20.2. The van der Waals surface area contributed by atoms with Crippen LogP contribution in [0.2, 0.25) is 0 Å². The summed E-state index contributed by atoms with van der Waals surface area (Å²) in [4.78, 5) is 23.0. The summed E-state index contributed by atoms with van der Waals surface area (Å²) < 4.78 is 12.3. The van der Waals surface area contributed by atoms with Gasteiger partial charge in [0.2, 0.25) is 5.88 Å². The molecule has 7 rings (SSSR count). The Morgan fingerprint density at radius 1 is 0.735 bits per heavy atom. The Kier molecular flexibility index (Phi) is 4.94. The number of hydrogen-bond acceptors (Lipinski definition) is 8. The minimum Gasteiger partial charge on any atom is -0.438 e. The SMILES string of the molecule is c1cc(Oc2ncc3c4c(sc3n2)CCCC4)cc(Oc2ncnc3sc4c(c23)CCCC4)c1. The summed E-state index contributed by atoms with van der Waals surface area (Å²) in [7, 11) is 0. The van der Waals surface area contributed by atoms with Gasteiger partial charge in [-0.15, -0.1) is 22.7 Å². The smallest absolute Gasteiger partial charge is 0.323 e. The maximum atomic E-state index is 6.26. The summed E-state index contributed by atoms with van der Waals surface area (Å²) in [6.45, 7) is 0. The van der Waals surface area contributed by atoms with E-state index in [0.29, 0.717) is 23.4 Å². The van der Waals surface area contributed by atoms with Gasteiger partial charge in [0.05, 0.1) is 5.39 Å². The first kappa shape index (κ1) is 20.3. The zero-order valence-electron chi connectivity index (χ0n) is 18.5. The molecule has 0 aliphatic heterocycles. The maximum Gasteiger partial charge on any atom is 0.323 e. The molecule has 0 amide bonds. The number of thiophene rings is 2. The molecule has 5 aromatic rings. The average Bonchev–Trinajstić information content (AvgIpc) is 3.42. The van der Waals surface area contributed by atoms with Crippen molar-refractivity contribution in [3.63, 3.8) is 0 Å². The van der Waals surface area contributed by atoms with Crippen LogP contribution in [0, 0.1) is 0 Å². The van der Waals surface area contributed by atoms with E-state index in [-0.39, 0.29) is 0 Å². The van der Waals surface area contributed by atoms with Gasteiger partial charge in [-0.05, 0) is 74.6 Å². The van der Waals surface area contributed by atoms with Gasteiger partial charge in [0.1, 0.15) is 27.5 Å². The first-order valence-electron chi connectivity index (χ1n) is 11.8. The summed E-state index contributed by atoms with van der Waals surface area (Å²) in [5, 5.41) is 2.24. The predicted molar refractivity (Wildman–Crippen MR) is 135 cm³/mol. The lowest BCUT2D eigenvalue weighted by molar-refractivity contribution is 0.433. The van der Waals surface area contributed by atoms with Gasteiger partial charge in [-0.1, -0.05) is 6.07 Å². The second-order valence-corrected chi connectivity index (χ2v) is 11.0. The number of aryl methyl sites for hydroxylation is 4. The molecular weight excluding hydrogens is 464 g/mol. The molecule has 0 fully saturated rings.